The highest BCUT2D eigenvalue weighted by Crippen LogP contribution is 2.30. The van der Waals surface area contributed by atoms with E-state index in [1.54, 1.807) is 4.90 Å². The molecular formula is C30H30N4O3. The van der Waals surface area contributed by atoms with E-state index in [-0.39, 0.29) is 17.2 Å². The average Bonchev–Trinajstić information content (AvgIpc) is 3.22. The molecule has 5 aromatic rings. The molecular weight excluding hydrogens is 464 g/mol. The number of fused-ring (bicyclic) bond motifs is 3. The SMILES string of the molecule is CCCN(C(=O)c1nn(-c2ccc(C)cc2)c(=O)c2c1c1ccccc1n2C)c1ccc(OCC)cc1. The van der Waals surface area contributed by atoms with Crippen LogP contribution in [0.1, 0.15) is 36.3 Å². The summed E-state index contributed by atoms with van der Waals surface area (Å²) >= 11 is 0. The lowest BCUT2D eigenvalue weighted by atomic mass is 10.1. The third-order valence-electron chi connectivity index (χ3n) is 6.57. The summed E-state index contributed by atoms with van der Waals surface area (Å²) in [6.07, 6.45) is 0.759. The zero-order chi connectivity index (χ0) is 26.1. The minimum atomic E-state index is -0.266. The van der Waals surface area contributed by atoms with Gasteiger partial charge in [0.05, 0.1) is 12.3 Å². The van der Waals surface area contributed by atoms with Crippen LogP contribution in [0, 0.1) is 6.92 Å². The summed E-state index contributed by atoms with van der Waals surface area (Å²) in [5.74, 6) is 0.492. The zero-order valence-electron chi connectivity index (χ0n) is 21.6. The highest BCUT2D eigenvalue weighted by atomic mass is 16.5. The highest BCUT2D eigenvalue weighted by molar-refractivity contribution is 6.20. The summed E-state index contributed by atoms with van der Waals surface area (Å²) in [7, 11) is 1.86. The fraction of sp³-hybridized carbons (Fsp3) is 0.233. The van der Waals surface area contributed by atoms with Crippen LogP contribution in [0.5, 0.6) is 5.75 Å². The van der Waals surface area contributed by atoms with Gasteiger partial charge in [0.15, 0.2) is 5.69 Å². The van der Waals surface area contributed by atoms with Gasteiger partial charge in [0.2, 0.25) is 0 Å². The maximum atomic E-state index is 14.3. The van der Waals surface area contributed by atoms with Crippen molar-refractivity contribution in [3.63, 3.8) is 0 Å². The van der Waals surface area contributed by atoms with E-state index < -0.39 is 0 Å². The summed E-state index contributed by atoms with van der Waals surface area (Å²) < 4.78 is 8.79. The fourth-order valence-corrected chi connectivity index (χ4v) is 4.78. The number of para-hydroxylation sites is 1. The van der Waals surface area contributed by atoms with Crippen LogP contribution in [0.2, 0.25) is 0 Å². The van der Waals surface area contributed by atoms with Crippen molar-refractivity contribution in [3.05, 3.63) is 94.4 Å². The summed E-state index contributed by atoms with van der Waals surface area (Å²) in [6, 6.07) is 22.8. The van der Waals surface area contributed by atoms with E-state index in [1.165, 1.54) is 4.68 Å². The summed E-state index contributed by atoms with van der Waals surface area (Å²) in [5.41, 5.74) is 3.73. The fourth-order valence-electron chi connectivity index (χ4n) is 4.78. The normalized spacial score (nSPS) is 11.2. The number of aromatic nitrogens is 3. The number of carbonyl (C=O) groups excluding carboxylic acids is 1. The number of rotatable bonds is 7. The van der Waals surface area contributed by atoms with Crippen LogP contribution >= 0.6 is 0 Å². The Balaban J connectivity index is 1.77. The van der Waals surface area contributed by atoms with Crippen LogP contribution in [0.15, 0.2) is 77.6 Å². The Morgan fingerprint density at radius 2 is 1.68 bits per heavy atom. The molecule has 0 aliphatic carbocycles. The van der Waals surface area contributed by atoms with Crippen molar-refractivity contribution in [1.82, 2.24) is 14.3 Å². The van der Waals surface area contributed by atoms with Crippen molar-refractivity contribution in [2.45, 2.75) is 27.2 Å². The Morgan fingerprint density at radius 3 is 2.35 bits per heavy atom. The average molecular weight is 495 g/mol. The quantitative estimate of drug-likeness (QED) is 0.294. The topological polar surface area (TPSA) is 69.4 Å². The number of carbonyl (C=O) groups is 1. The van der Waals surface area contributed by atoms with E-state index in [2.05, 4.69) is 0 Å². The van der Waals surface area contributed by atoms with E-state index in [0.29, 0.717) is 29.7 Å². The molecule has 2 heterocycles. The van der Waals surface area contributed by atoms with Crippen LogP contribution < -0.4 is 15.2 Å². The van der Waals surface area contributed by atoms with Crippen LogP contribution in [-0.4, -0.2) is 33.4 Å². The van der Waals surface area contributed by atoms with Crippen LogP contribution in [0.4, 0.5) is 5.69 Å². The number of anilines is 1. The largest absolute Gasteiger partial charge is 0.494 e. The smallest absolute Gasteiger partial charge is 0.296 e. The maximum absolute atomic E-state index is 14.3. The Bertz CT molecular complexity index is 1650. The number of nitrogens with zero attached hydrogens (tertiary/aromatic N) is 4. The van der Waals surface area contributed by atoms with E-state index in [9.17, 15) is 9.59 Å². The first-order valence-corrected chi connectivity index (χ1v) is 12.6. The first kappa shape index (κ1) is 24.3. The van der Waals surface area contributed by atoms with Crippen molar-refractivity contribution >= 4 is 33.4 Å². The minimum Gasteiger partial charge on any atom is -0.494 e. The van der Waals surface area contributed by atoms with Gasteiger partial charge < -0.3 is 14.2 Å². The molecule has 5 rings (SSSR count). The third-order valence-corrected chi connectivity index (χ3v) is 6.57. The molecule has 0 aliphatic rings. The van der Waals surface area contributed by atoms with Crippen LogP contribution in [0.3, 0.4) is 0 Å². The second kappa shape index (κ2) is 9.93. The molecule has 0 N–H and O–H groups in total. The first-order valence-electron chi connectivity index (χ1n) is 12.6. The predicted octanol–water partition coefficient (Wildman–Crippen LogP) is 5.64. The molecule has 0 saturated carbocycles. The van der Waals surface area contributed by atoms with E-state index in [1.807, 2.05) is 105 Å². The van der Waals surface area contributed by atoms with Crippen LogP contribution in [0.25, 0.3) is 27.5 Å². The van der Waals surface area contributed by atoms with Gasteiger partial charge in [-0.15, -0.1) is 0 Å². The van der Waals surface area contributed by atoms with Crippen molar-refractivity contribution < 1.29 is 9.53 Å². The summed E-state index contributed by atoms with van der Waals surface area (Å²) in [6.45, 7) is 7.03. The molecule has 7 nitrogen and oxygen atoms in total. The van der Waals surface area contributed by atoms with Crippen LogP contribution in [-0.2, 0) is 7.05 Å². The minimum absolute atomic E-state index is 0.245. The predicted molar refractivity (Wildman–Crippen MR) is 148 cm³/mol. The monoisotopic (exact) mass is 494 g/mol. The molecule has 0 atom stereocenters. The summed E-state index contributed by atoms with van der Waals surface area (Å²) in [4.78, 5) is 29.8. The van der Waals surface area contributed by atoms with Crippen molar-refractivity contribution in [1.29, 1.82) is 0 Å². The van der Waals surface area contributed by atoms with Gasteiger partial charge in [-0.2, -0.15) is 9.78 Å². The zero-order valence-corrected chi connectivity index (χ0v) is 21.6. The first-order chi connectivity index (χ1) is 17.9. The standard InChI is InChI=1S/C30H30N4O3/c1-5-19-33(21-15-17-23(18-16-21)37-6-2)29(35)27-26-24-9-7-8-10-25(24)32(4)28(26)30(36)34(31-27)22-13-11-20(3)12-14-22/h7-18H,5-6,19H2,1-4H3. The second-order valence-corrected chi connectivity index (χ2v) is 9.08. The molecule has 1 amide bonds. The van der Waals surface area contributed by atoms with Gasteiger partial charge in [0.1, 0.15) is 11.3 Å². The molecule has 0 spiro atoms. The lowest BCUT2D eigenvalue weighted by molar-refractivity contribution is 0.0982. The van der Waals surface area contributed by atoms with E-state index in [0.717, 1.165) is 34.3 Å². The molecule has 37 heavy (non-hydrogen) atoms. The van der Waals surface area contributed by atoms with Gasteiger partial charge in [-0.05, 0) is 62.7 Å². The number of benzene rings is 3. The number of hydrogen-bond donors (Lipinski definition) is 0. The molecule has 188 valence electrons. The number of amides is 1. The van der Waals surface area contributed by atoms with Gasteiger partial charge in [0, 0.05) is 35.6 Å². The molecule has 0 aliphatic heterocycles. The van der Waals surface area contributed by atoms with Gasteiger partial charge in [-0.25, -0.2) is 0 Å². The number of aryl methyl sites for hydroxylation is 2. The highest BCUT2D eigenvalue weighted by Gasteiger charge is 2.27. The molecule has 0 fully saturated rings. The molecule has 0 unspecified atom stereocenters. The Morgan fingerprint density at radius 1 is 0.973 bits per heavy atom. The second-order valence-electron chi connectivity index (χ2n) is 9.08. The van der Waals surface area contributed by atoms with Gasteiger partial charge in [-0.3, -0.25) is 9.59 Å². The molecule has 7 heteroatoms. The lowest BCUT2D eigenvalue weighted by Gasteiger charge is -2.23. The summed E-state index contributed by atoms with van der Waals surface area (Å²) in [5, 5.41) is 6.11. The molecule has 2 aromatic heterocycles. The van der Waals surface area contributed by atoms with E-state index in [4.69, 9.17) is 9.84 Å². The number of hydrogen-bond acceptors (Lipinski definition) is 4. The number of ether oxygens (including phenoxy) is 1. The third kappa shape index (κ3) is 4.27. The van der Waals surface area contributed by atoms with Crippen molar-refractivity contribution in [2.75, 3.05) is 18.1 Å². The van der Waals surface area contributed by atoms with Gasteiger partial charge >= 0.3 is 0 Å². The molecule has 0 radical (unpaired) electrons. The lowest BCUT2D eigenvalue weighted by Crippen LogP contribution is -2.35. The van der Waals surface area contributed by atoms with Gasteiger partial charge in [-0.1, -0.05) is 42.8 Å². The Labute approximate surface area is 215 Å². The molecule has 0 bridgehead atoms. The molecule has 0 saturated heterocycles. The van der Waals surface area contributed by atoms with E-state index >= 15 is 0 Å². The maximum Gasteiger partial charge on any atom is 0.296 e. The van der Waals surface area contributed by atoms with Crippen molar-refractivity contribution in [3.8, 4) is 11.4 Å². The van der Waals surface area contributed by atoms with Gasteiger partial charge in [0.25, 0.3) is 11.5 Å². The molecule has 3 aromatic carbocycles. The Hall–Kier alpha value is -4.39. The van der Waals surface area contributed by atoms with Crippen molar-refractivity contribution in [2.24, 2.45) is 7.05 Å². The Kier molecular flexibility index (Phi) is 6.53.